The van der Waals surface area contributed by atoms with Crippen molar-refractivity contribution in [2.75, 3.05) is 7.05 Å². The molecule has 1 aromatic carbocycles. The van der Waals surface area contributed by atoms with Crippen molar-refractivity contribution < 1.29 is 0 Å². The molecule has 0 spiro atoms. The lowest BCUT2D eigenvalue weighted by Gasteiger charge is -2.27. The summed E-state index contributed by atoms with van der Waals surface area (Å²) in [5, 5.41) is 3.36. The third kappa shape index (κ3) is 2.79. The van der Waals surface area contributed by atoms with Gasteiger partial charge in [0.25, 0.3) is 5.56 Å². The molecule has 3 nitrogen and oxygen atoms in total. The average molecular weight is 282 g/mol. The fraction of sp³-hybridized carbons (Fsp3) is 0.389. The van der Waals surface area contributed by atoms with Crippen LogP contribution in [-0.2, 0) is 13.0 Å². The Labute approximate surface area is 125 Å². The van der Waals surface area contributed by atoms with Gasteiger partial charge in [-0.25, -0.2) is 0 Å². The second kappa shape index (κ2) is 5.86. The highest BCUT2D eigenvalue weighted by molar-refractivity contribution is 5.29. The normalized spacial score (nSPS) is 17.5. The molecular weight excluding hydrogens is 260 g/mol. The number of hydrogen-bond donors (Lipinski definition) is 1. The minimum Gasteiger partial charge on any atom is -0.313 e. The summed E-state index contributed by atoms with van der Waals surface area (Å²) in [7, 11) is 2.00. The smallest absolute Gasteiger partial charge is 0.251 e. The van der Waals surface area contributed by atoms with Crippen LogP contribution in [0.2, 0.25) is 0 Å². The lowest BCUT2D eigenvalue weighted by Crippen LogP contribution is -2.30. The molecule has 1 aliphatic carbocycles. The first-order chi connectivity index (χ1) is 10.2. The predicted molar refractivity (Wildman–Crippen MR) is 85.7 cm³/mol. The number of nitrogens with one attached hydrogen (secondary N) is 1. The van der Waals surface area contributed by atoms with Crippen molar-refractivity contribution in [2.24, 2.45) is 0 Å². The van der Waals surface area contributed by atoms with E-state index in [0.29, 0.717) is 12.6 Å². The van der Waals surface area contributed by atoms with Crippen LogP contribution in [0.5, 0.6) is 0 Å². The molecule has 0 fully saturated rings. The van der Waals surface area contributed by atoms with Gasteiger partial charge in [-0.2, -0.15) is 0 Å². The van der Waals surface area contributed by atoms with Crippen LogP contribution in [0.25, 0.3) is 0 Å². The van der Waals surface area contributed by atoms with Gasteiger partial charge in [-0.3, -0.25) is 4.79 Å². The molecule has 0 amide bonds. The number of hydrogen-bond acceptors (Lipinski definition) is 2. The van der Waals surface area contributed by atoms with E-state index in [1.807, 2.05) is 17.7 Å². The Morgan fingerprint density at radius 3 is 2.67 bits per heavy atom. The summed E-state index contributed by atoms with van der Waals surface area (Å²) in [6, 6.07) is 12.5. The van der Waals surface area contributed by atoms with Crippen molar-refractivity contribution in [2.45, 2.75) is 38.8 Å². The molecule has 1 heterocycles. The molecule has 0 bridgehead atoms. The Kier molecular flexibility index (Phi) is 3.93. The van der Waals surface area contributed by atoms with Gasteiger partial charge in [0, 0.05) is 17.8 Å². The maximum atomic E-state index is 12.3. The second-order valence-corrected chi connectivity index (χ2v) is 5.88. The molecule has 0 radical (unpaired) electrons. The Balaban J connectivity index is 2.02. The molecule has 1 unspecified atom stereocenters. The third-order valence-corrected chi connectivity index (χ3v) is 4.42. The largest absolute Gasteiger partial charge is 0.313 e. The summed E-state index contributed by atoms with van der Waals surface area (Å²) in [5.74, 6) is 0. The third-order valence-electron chi connectivity index (χ3n) is 4.42. The summed E-state index contributed by atoms with van der Waals surface area (Å²) in [6.07, 6.45) is 3.28. The molecule has 0 aliphatic heterocycles. The summed E-state index contributed by atoms with van der Waals surface area (Å²) in [6.45, 7) is 2.75. The van der Waals surface area contributed by atoms with Crippen LogP contribution < -0.4 is 10.9 Å². The Hall–Kier alpha value is -1.87. The van der Waals surface area contributed by atoms with Crippen LogP contribution in [-0.4, -0.2) is 11.6 Å². The first kappa shape index (κ1) is 14.1. The Morgan fingerprint density at radius 2 is 1.95 bits per heavy atom. The lowest BCUT2D eigenvalue weighted by atomic mass is 9.91. The van der Waals surface area contributed by atoms with Gasteiger partial charge < -0.3 is 9.88 Å². The molecule has 2 aromatic rings. The molecule has 3 heteroatoms. The molecule has 110 valence electrons. The van der Waals surface area contributed by atoms with Crippen molar-refractivity contribution >= 4 is 0 Å². The van der Waals surface area contributed by atoms with Gasteiger partial charge in [0.05, 0.1) is 6.54 Å². The number of aryl methyl sites for hydroxylation is 1. The van der Waals surface area contributed by atoms with E-state index in [9.17, 15) is 4.79 Å². The van der Waals surface area contributed by atoms with Gasteiger partial charge in [-0.1, -0.05) is 35.9 Å². The molecule has 0 saturated carbocycles. The van der Waals surface area contributed by atoms with Gasteiger partial charge in [0.1, 0.15) is 0 Å². The van der Waals surface area contributed by atoms with Crippen molar-refractivity contribution in [1.82, 2.24) is 9.88 Å². The number of pyridine rings is 1. The molecule has 21 heavy (non-hydrogen) atoms. The van der Waals surface area contributed by atoms with Crippen LogP contribution in [0.4, 0.5) is 0 Å². The monoisotopic (exact) mass is 282 g/mol. The molecule has 1 atom stereocenters. The maximum absolute atomic E-state index is 12.3. The molecular formula is C18H22N2O. The number of rotatable bonds is 3. The number of fused-ring (bicyclic) bond motifs is 1. The number of aromatic nitrogens is 1. The Morgan fingerprint density at radius 1 is 1.19 bits per heavy atom. The highest BCUT2D eigenvalue weighted by atomic mass is 16.1. The lowest BCUT2D eigenvalue weighted by molar-refractivity contribution is 0.473. The highest BCUT2D eigenvalue weighted by Gasteiger charge is 2.21. The van der Waals surface area contributed by atoms with Crippen molar-refractivity contribution in [3.05, 3.63) is 69.1 Å². The fourth-order valence-electron chi connectivity index (χ4n) is 3.21. The van der Waals surface area contributed by atoms with E-state index in [2.05, 4.69) is 36.5 Å². The standard InChI is InChI=1S/C18H22N2O/c1-13-6-8-14(9-7-13)12-20-17-5-3-4-16(19-2)15(17)10-11-18(20)21/h6-11,16,19H,3-5,12H2,1-2H3. The van der Waals surface area contributed by atoms with Crippen molar-refractivity contribution in [3.63, 3.8) is 0 Å². The van der Waals surface area contributed by atoms with Gasteiger partial charge in [0.2, 0.25) is 0 Å². The molecule has 3 rings (SSSR count). The minimum absolute atomic E-state index is 0.103. The van der Waals surface area contributed by atoms with Gasteiger partial charge in [0.15, 0.2) is 0 Å². The molecule has 1 N–H and O–H groups in total. The first-order valence-corrected chi connectivity index (χ1v) is 7.64. The maximum Gasteiger partial charge on any atom is 0.251 e. The zero-order valence-corrected chi connectivity index (χ0v) is 12.7. The summed E-state index contributed by atoms with van der Waals surface area (Å²) in [5.41, 5.74) is 5.02. The zero-order valence-electron chi connectivity index (χ0n) is 12.7. The van der Waals surface area contributed by atoms with Crippen LogP contribution in [0.1, 0.15) is 41.3 Å². The van der Waals surface area contributed by atoms with E-state index in [1.54, 1.807) is 6.07 Å². The quantitative estimate of drug-likeness (QED) is 0.939. The Bertz CT molecular complexity index is 685. The summed E-state index contributed by atoms with van der Waals surface area (Å²) < 4.78 is 1.95. The molecule has 1 aromatic heterocycles. The SMILES string of the molecule is CNC1CCCc2c1ccc(=O)n2Cc1ccc(C)cc1. The minimum atomic E-state index is 0.103. The van der Waals surface area contributed by atoms with Crippen molar-refractivity contribution in [3.8, 4) is 0 Å². The molecule has 1 aliphatic rings. The van der Waals surface area contributed by atoms with Gasteiger partial charge in [-0.05, 0) is 44.4 Å². The molecule has 0 saturated heterocycles. The highest BCUT2D eigenvalue weighted by Crippen LogP contribution is 2.28. The van der Waals surface area contributed by atoms with Gasteiger partial charge >= 0.3 is 0 Å². The number of benzene rings is 1. The topological polar surface area (TPSA) is 34.0 Å². The van der Waals surface area contributed by atoms with Crippen LogP contribution >= 0.6 is 0 Å². The van der Waals surface area contributed by atoms with Gasteiger partial charge in [-0.15, -0.1) is 0 Å². The number of nitrogens with zero attached hydrogens (tertiary/aromatic N) is 1. The summed E-state index contributed by atoms with van der Waals surface area (Å²) in [4.78, 5) is 12.3. The van der Waals surface area contributed by atoms with E-state index >= 15 is 0 Å². The van der Waals surface area contributed by atoms with E-state index in [1.165, 1.54) is 22.4 Å². The fourth-order valence-corrected chi connectivity index (χ4v) is 3.21. The average Bonchev–Trinajstić information content (AvgIpc) is 2.51. The first-order valence-electron chi connectivity index (χ1n) is 7.64. The predicted octanol–water partition coefficient (Wildman–Crippen LogP) is 2.80. The summed E-state index contributed by atoms with van der Waals surface area (Å²) >= 11 is 0. The van der Waals surface area contributed by atoms with Crippen LogP contribution in [0, 0.1) is 6.92 Å². The second-order valence-electron chi connectivity index (χ2n) is 5.88. The van der Waals surface area contributed by atoms with E-state index in [-0.39, 0.29) is 5.56 Å². The van der Waals surface area contributed by atoms with E-state index in [4.69, 9.17) is 0 Å². The van der Waals surface area contributed by atoms with Crippen LogP contribution in [0.3, 0.4) is 0 Å². The van der Waals surface area contributed by atoms with E-state index in [0.717, 1.165) is 19.3 Å². The zero-order chi connectivity index (χ0) is 14.8. The van der Waals surface area contributed by atoms with Crippen molar-refractivity contribution in [1.29, 1.82) is 0 Å². The van der Waals surface area contributed by atoms with Crippen LogP contribution in [0.15, 0.2) is 41.2 Å². The van der Waals surface area contributed by atoms with E-state index < -0.39 is 0 Å².